The van der Waals surface area contributed by atoms with Crippen molar-refractivity contribution in [3.05, 3.63) is 29.8 Å². The van der Waals surface area contributed by atoms with Gasteiger partial charge in [0.25, 0.3) is 0 Å². The summed E-state index contributed by atoms with van der Waals surface area (Å²) in [6.45, 7) is 7.30. The highest BCUT2D eigenvalue weighted by molar-refractivity contribution is 7.99. The molecule has 0 radical (unpaired) electrons. The van der Waals surface area contributed by atoms with Gasteiger partial charge in [0.1, 0.15) is 0 Å². The lowest BCUT2D eigenvalue weighted by atomic mass is 9.92. The summed E-state index contributed by atoms with van der Waals surface area (Å²) < 4.78 is 5.56. The van der Waals surface area contributed by atoms with E-state index in [2.05, 4.69) is 43.4 Å². The zero-order valence-corrected chi connectivity index (χ0v) is 12.8. The van der Waals surface area contributed by atoms with E-state index in [1.54, 1.807) is 0 Å². The van der Waals surface area contributed by atoms with E-state index in [-0.39, 0.29) is 0 Å². The van der Waals surface area contributed by atoms with E-state index in [1.165, 1.54) is 23.3 Å². The first-order chi connectivity index (χ1) is 9.35. The van der Waals surface area contributed by atoms with Gasteiger partial charge in [-0.2, -0.15) is 0 Å². The Morgan fingerprint density at radius 1 is 1.32 bits per heavy atom. The lowest BCUT2D eigenvalue weighted by Crippen LogP contribution is -2.29. The van der Waals surface area contributed by atoms with Gasteiger partial charge in [-0.25, -0.2) is 0 Å². The Morgan fingerprint density at radius 3 is 2.68 bits per heavy atom. The molecule has 19 heavy (non-hydrogen) atoms. The summed E-state index contributed by atoms with van der Waals surface area (Å²) in [6, 6.07) is 9.51. The monoisotopic (exact) mass is 279 g/mol. The molecule has 1 saturated heterocycles. The Bertz CT molecular complexity index is 360. The van der Waals surface area contributed by atoms with Crippen LogP contribution in [0.4, 0.5) is 0 Å². The molecule has 0 saturated carbocycles. The van der Waals surface area contributed by atoms with Crippen molar-refractivity contribution in [1.29, 1.82) is 0 Å². The summed E-state index contributed by atoms with van der Waals surface area (Å²) in [7, 11) is 0. The highest BCUT2D eigenvalue weighted by atomic mass is 32.2. The van der Waals surface area contributed by atoms with Crippen LogP contribution in [0.1, 0.15) is 38.3 Å². The second-order valence-corrected chi connectivity index (χ2v) is 6.39. The molecule has 2 unspecified atom stereocenters. The minimum atomic E-state index is 0.447. The lowest BCUT2D eigenvalue weighted by Gasteiger charge is -2.24. The number of benzene rings is 1. The van der Waals surface area contributed by atoms with Crippen LogP contribution in [0.3, 0.4) is 0 Å². The van der Waals surface area contributed by atoms with Crippen molar-refractivity contribution in [3.63, 3.8) is 0 Å². The summed E-state index contributed by atoms with van der Waals surface area (Å²) in [5.74, 6) is 1.75. The Balaban J connectivity index is 2.07. The van der Waals surface area contributed by atoms with Gasteiger partial charge in [-0.3, -0.25) is 0 Å². The number of thioether (sulfide) groups is 1. The van der Waals surface area contributed by atoms with Gasteiger partial charge in [-0.1, -0.05) is 26.0 Å². The molecule has 1 aliphatic heterocycles. The van der Waals surface area contributed by atoms with Crippen molar-refractivity contribution >= 4 is 11.8 Å². The molecule has 2 nitrogen and oxygen atoms in total. The van der Waals surface area contributed by atoms with Crippen molar-refractivity contribution in [2.45, 2.75) is 37.6 Å². The zero-order valence-electron chi connectivity index (χ0n) is 12.0. The Kier molecular flexibility index (Phi) is 6.21. The maximum absolute atomic E-state index is 5.56. The minimum absolute atomic E-state index is 0.447. The molecule has 0 aliphatic carbocycles. The van der Waals surface area contributed by atoms with E-state index in [0.717, 1.165) is 25.5 Å². The average Bonchev–Trinajstić information content (AvgIpc) is 2.95. The molecule has 3 heteroatoms. The summed E-state index contributed by atoms with van der Waals surface area (Å²) in [5.41, 5.74) is 1.41. The van der Waals surface area contributed by atoms with E-state index in [9.17, 15) is 0 Å². The third-order valence-electron chi connectivity index (χ3n) is 3.60. The van der Waals surface area contributed by atoms with Crippen molar-refractivity contribution in [2.75, 3.05) is 25.5 Å². The van der Waals surface area contributed by atoms with Crippen LogP contribution in [0.25, 0.3) is 0 Å². The van der Waals surface area contributed by atoms with Crippen LogP contribution >= 0.6 is 11.8 Å². The molecule has 0 bridgehead atoms. The van der Waals surface area contributed by atoms with Gasteiger partial charge in [-0.05, 0) is 42.8 Å². The highest BCUT2D eigenvalue weighted by Gasteiger charge is 2.26. The summed E-state index contributed by atoms with van der Waals surface area (Å²) in [4.78, 5) is 1.36. The molecule has 1 aromatic carbocycles. The largest absolute Gasteiger partial charge is 0.381 e. The van der Waals surface area contributed by atoms with E-state index < -0.39 is 0 Å². The lowest BCUT2D eigenvalue weighted by molar-refractivity contribution is 0.176. The van der Waals surface area contributed by atoms with Gasteiger partial charge in [0.15, 0.2) is 0 Å². The Morgan fingerprint density at radius 2 is 2.11 bits per heavy atom. The smallest absolute Gasteiger partial charge is 0.0513 e. The second-order valence-electron chi connectivity index (χ2n) is 5.06. The molecule has 2 atom stereocenters. The Labute approximate surface area is 121 Å². The van der Waals surface area contributed by atoms with Gasteiger partial charge >= 0.3 is 0 Å². The van der Waals surface area contributed by atoms with Crippen molar-refractivity contribution in [3.8, 4) is 0 Å². The van der Waals surface area contributed by atoms with Crippen LogP contribution in [0.2, 0.25) is 0 Å². The first kappa shape index (κ1) is 14.9. The fraction of sp³-hybridized carbons (Fsp3) is 0.625. The van der Waals surface area contributed by atoms with Gasteiger partial charge in [0.2, 0.25) is 0 Å². The zero-order chi connectivity index (χ0) is 13.5. The van der Waals surface area contributed by atoms with Crippen LogP contribution in [0.5, 0.6) is 0 Å². The molecule has 0 aromatic heterocycles. The number of rotatable bonds is 7. The van der Waals surface area contributed by atoms with Crippen molar-refractivity contribution in [1.82, 2.24) is 5.32 Å². The third kappa shape index (κ3) is 4.23. The molecule has 106 valence electrons. The van der Waals surface area contributed by atoms with Gasteiger partial charge in [0, 0.05) is 23.5 Å². The predicted molar refractivity (Wildman–Crippen MR) is 82.8 cm³/mol. The van der Waals surface area contributed by atoms with Crippen molar-refractivity contribution in [2.24, 2.45) is 5.92 Å². The van der Waals surface area contributed by atoms with E-state index in [4.69, 9.17) is 4.74 Å². The number of ether oxygens (including phenoxy) is 1. The van der Waals surface area contributed by atoms with Crippen LogP contribution in [-0.4, -0.2) is 25.5 Å². The highest BCUT2D eigenvalue weighted by Crippen LogP contribution is 2.30. The van der Waals surface area contributed by atoms with Crippen LogP contribution in [0.15, 0.2) is 29.2 Å². The molecular formula is C16H25NOS. The summed E-state index contributed by atoms with van der Waals surface area (Å²) in [5, 5.41) is 3.69. The minimum Gasteiger partial charge on any atom is -0.381 e. The molecule has 0 spiro atoms. The second kappa shape index (κ2) is 7.93. The molecule has 1 aliphatic rings. The molecule has 1 heterocycles. The summed E-state index contributed by atoms with van der Waals surface area (Å²) >= 11 is 1.90. The van der Waals surface area contributed by atoms with Gasteiger partial charge < -0.3 is 10.1 Å². The topological polar surface area (TPSA) is 21.3 Å². The SMILES string of the molecule is CCCNC(c1ccc(SCC)cc1)C1CCOC1. The number of hydrogen-bond acceptors (Lipinski definition) is 3. The van der Waals surface area contributed by atoms with Crippen molar-refractivity contribution < 1.29 is 4.74 Å². The molecule has 1 aromatic rings. The predicted octanol–water partition coefficient (Wildman–Crippen LogP) is 3.88. The van der Waals surface area contributed by atoms with E-state index >= 15 is 0 Å². The number of nitrogens with one attached hydrogen (secondary N) is 1. The standard InChI is InChI=1S/C16H25NOS/c1-3-10-17-16(14-9-11-18-12-14)13-5-7-15(8-6-13)19-4-2/h5-8,14,16-17H,3-4,9-12H2,1-2H3. The molecule has 2 rings (SSSR count). The third-order valence-corrected chi connectivity index (χ3v) is 4.49. The molecule has 0 amide bonds. The number of hydrogen-bond donors (Lipinski definition) is 1. The molecular weight excluding hydrogens is 254 g/mol. The van der Waals surface area contributed by atoms with Gasteiger partial charge in [0.05, 0.1) is 6.61 Å². The quantitative estimate of drug-likeness (QED) is 0.765. The van der Waals surface area contributed by atoms with Gasteiger partial charge in [-0.15, -0.1) is 11.8 Å². The van der Waals surface area contributed by atoms with E-state index in [0.29, 0.717) is 12.0 Å². The van der Waals surface area contributed by atoms with Crippen LogP contribution in [-0.2, 0) is 4.74 Å². The maximum Gasteiger partial charge on any atom is 0.0513 e. The van der Waals surface area contributed by atoms with E-state index in [1.807, 2.05) is 11.8 Å². The molecule has 1 N–H and O–H groups in total. The molecule has 1 fully saturated rings. The first-order valence-electron chi connectivity index (χ1n) is 7.39. The first-order valence-corrected chi connectivity index (χ1v) is 8.37. The Hall–Kier alpha value is -0.510. The normalized spacial score (nSPS) is 20.6. The summed E-state index contributed by atoms with van der Waals surface area (Å²) in [6.07, 6.45) is 2.35. The maximum atomic E-state index is 5.56. The van der Waals surface area contributed by atoms with Crippen LogP contribution in [0, 0.1) is 5.92 Å². The van der Waals surface area contributed by atoms with Crippen LogP contribution < -0.4 is 5.32 Å². The average molecular weight is 279 g/mol. The fourth-order valence-corrected chi connectivity index (χ4v) is 3.27. The fourth-order valence-electron chi connectivity index (χ4n) is 2.61.